The third-order valence-electron chi connectivity index (χ3n) is 7.18. The number of carbonyl (C=O) groups excluding carboxylic acids is 2. The second kappa shape index (κ2) is 11.0. The third-order valence-corrected chi connectivity index (χ3v) is 7.18. The van der Waals surface area contributed by atoms with Crippen molar-refractivity contribution in [1.82, 2.24) is 9.88 Å². The molecule has 6 heteroatoms. The number of rotatable bonds is 8. The van der Waals surface area contributed by atoms with Crippen LogP contribution in [0.2, 0.25) is 0 Å². The minimum atomic E-state index is -0.316. The van der Waals surface area contributed by atoms with Crippen molar-refractivity contribution in [1.29, 1.82) is 0 Å². The van der Waals surface area contributed by atoms with Crippen LogP contribution in [0.4, 0.5) is 4.39 Å². The molecule has 1 atom stereocenters. The van der Waals surface area contributed by atoms with Crippen LogP contribution in [0, 0.1) is 5.82 Å². The van der Waals surface area contributed by atoms with Gasteiger partial charge in [-0.15, -0.1) is 0 Å². The van der Waals surface area contributed by atoms with E-state index < -0.39 is 0 Å². The highest BCUT2D eigenvalue weighted by molar-refractivity contribution is 5.88. The van der Waals surface area contributed by atoms with Gasteiger partial charge in [0.05, 0.1) is 6.61 Å². The fourth-order valence-electron chi connectivity index (χ4n) is 5.53. The van der Waals surface area contributed by atoms with E-state index >= 15 is 0 Å². The van der Waals surface area contributed by atoms with Gasteiger partial charge < -0.3 is 14.6 Å². The number of ether oxygens (including phenoxy) is 1. The van der Waals surface area contributed by atoms with E-state index in [-0.39, 0.29) is 36.2 Å². The molecule has 0 fully saturated rings. The number of amides is 1. The average Bonchev–Trinajstić information content (AvgIpc) is 3.20. The van der Waals surface area contributed by atoms with Gasteiger partial charge in [-0.3, -0.25) is 9.59 Å². The Labute approximate surface area is 216 Å². The van der Waals surface area contributed by atoms with Gasteiger partial charge in [-0.25, -0.2) is 4.39 Å². The lowest BCUT2D eigenvalue weighted by Gasteiger charge is -2.26. The molecule has 0 spiro atoms. The van der Waals surface area contributed by atoms with Gasteiger partial charge in [0.25, 0.3) is 0 Å². The second-order valence-corrected chi connectivity index (χ2v) is 9.56. The van der Waals surface area contributed by atoms with E-state index in [2.05, 4.69) is 29.6 Å². The Morgan fingerprint density at radius 3 is 2.35 bits per heavy atom. The molecule has 37 heavy (non-hydrogen) atoms. The van der Waals surface area contributed by atoms with Crippen molar-refractivity contribution in [3.8, 4) is 0 Å². The maximum Gasteiger partial charge on any atom is 0.325 e. The normalized spacial score (nSPS) is 14.9. The molecule has 0 saturated heterocycles. The largest absolute Gasteiger partial charge is 0.465 e. The first-order valence-corrected chi connectivity index (χ1v) is 12.9. The molecule has 3 aromatic carbocycles. The summed E-state index contributed by atoms with van der Waals surface area (Å²) in [7, 11) is 0. The molecule has 1 aliphatic carbocycles. The first kappa shape index (κ1) is 24.8. The quantitative estimate of drug-likeness (QED) is 0.325. The van der Waals surface area contributed by atoms with E-state index in [0.29, 0.717) is 25.9 Å². The number of carbonyl (C=O) groups is 2. The van der Waals surface area contributed by atoms with Crippen molar-refractivity contribution in [2.24, 2.45) is 0 Å². The molecule has 0 bridgehead atoms. The summed E-state index contributed by atoms with van der Waals surface area (Å²) in [6, 6.07) is 24.8. The third kappa shape index (κ3) is 5.43. The zero-order valence-electron chi connectivity index (χ0n) is 21.0. The lowest BCUT2D eigenvalue weighted by Crippen LogP contribution is -2.39. The smallest absolute Gasteiger partial charge is 0.325 e. The van der Waals surface area contributed by atoms with Gasteiger partial charge in [0.1, 0.15) is 12.4 Å². The van der Waals surface area contributed by atoms with Crippen LogP contribution in [-0.4, -0.2) is 29.1 Å². The van der Waals surface area contributed by atoms with Gasteiger partial charge in [-0.1, -0.05) is 60.7 Å². The van der Waals surface area contributed by atoms with Crippen LogP contribution < -0.4 is 5.32 Å². The molecule has 1 heterocycles. The van der Waals surface area contributed by atoms with Crippen molar-refractivity contribution >= 4 is 22.8 Å². The number of benzene rings is 3. The monoisotopic (exact) mass is 498 g/mol. The Balaban J connectivity index is 1.36. The topological polar surface area (TPSA) is 60.3 Å². The lowest BCUT2D eigenvalue weighted by molar-refractivity contribution is -0.143. The number of hydrogen-bond acceptors (Lipinski definition) is 3. The summed E-state index contributed by atoms with van der Waals surface area (Å²) in [6.07, 6.45) is 2.38. The Morgan fingerprint density at radius 2 is 1.70 bits per heavy atom. The molecular formula is C31H31FN2O3. The van der Waals surface area contributed by atoms with Crippen LogP contribution >= 0.6 is 0 Å². The van der Waals surface area contributed by atoms with E-state index in [4.69, 9.17) is 4.74 Å². The van der Waals surface area contributed by atoms with Crippen LogP contribution in [0.25, 0.3) is 10.9 Å². The highest BCUT2D eigenvalue weighted by Gasteiger charge is 2.28. The zero-order chi connectivity index (χ0) is 25.8. The van der Waals surface area contributed by atoms with Gasteiger partial charge in [0.15, 0.2) is 0 Å². The van der Waals surface area contributed by atoms with Crippen molar-refractivity contribution in [2.75, 3.05) is 6.61 Å². The Morgan fingerprint density at radius 1 is 1.03 bits per heavy atom. The summed E-state index contributed by atoms with van der Waals surface area (Å²) in [5.41, 5.74) is 5.04. The Hall–Kier alpha value is -3.93. The molecule has 1 N–H and O–H groups in total. The van der Waals surface area contributed by atoms with Gasteiger partial charge in [-0.05, 0) is 61.1 Å². The molecule has 5 rings (SSSR count). The number of halogens is 1. The molecule has 1 aliphatic rings. The number of nitrogens with zero attached hydrogens (tertiary/aromatic N) is 1. The van der Waals surface area contributed by atoms with E-state index in [9.17, 15) is 14.0 Å². The highest BCUT2D eigenvalue weighted by Crippen LogP contribution is 2.34. The van der Waals surface area contributed by atoms with Gasteiger partial charge in [0.2, 0.25) is 5.91 Å². The fraction of sp³-hybridized carbons (Fsp3) is 0.290. The van der Waals surface area contributed by atoms with E-state index in [1.165, 1.54) is 12.1 Å². The van der Waals surface area contributed by atoms with Gasteiger partial charge >= 0.3 is 5.97 Å². The maximum atomic E-state index is 14.2. The number of nitrogens with one attached hydrogen (secondary N) is 1. The molecule has 1 amide bonds. The Kier molecular flexibility index (Phi) is 7.35. The minimum Gasteiger partial charge on any atom is -0.465 e. The molecule has 0 aliphatic heterocycles. The van der Waals surface area contributed by atoms with Crippen molar-refractivity contribution in [3.63, 3.8) is 0 Å². The van der Waals surface area contributed by atoms with Gasteiger partial charge in [-0.2, -0.15) is 0 Å². The summed E-state index contributed by atoms with van der Waals surface area (Å²) in [4.78, 5) is 25.6. The number of fused-ring (bicyclic) bond motifs is 3. The first-order valence-electron chi connectivity index (χ1n) is 12.9. The predicted octanol–water partition coefficient (Wildman–Crippen LogP) is 5.54. The number of hydrogen-bond donors (Lipinski definition) is 1. The molecule has 190 valence electrons. The molecule has 1 aromatic heterocycles. The second-order valence-electron chi connectivity index (χ2n) is 9.56. The summed E-state index contributed by atoms with van der Waals surface area (Å²) < 4.78 is 21.3. The van der Waals surface area contributed by atoms with Crippen LogP contribution in [0.5, 0.6) is 0 Å². The van der Waals surface area contributed by atoms with E-state index in [0.717, 1.165) is 39.7 Å². The maximum absolute atomic E-state index is 14.2. The Bertz CT molecular complexity index is 1360. The van der Waals surface area contributed by atoms with Crippen LogP contribution in [0.15, 0.2) is 78.9 Å². The van der Waals surface area contributed by atoms with Crippen molar-refractivity contribution in [3.05, 3.63) is 107 Å². The number of aromatic nitrogens is 1. The molecule has 0 saturated carbocycles. The van der Waals surface area contributed by atoms with Crippen LogP contribution in [-0.2, 0) is 33.7 Å². The number of esters is 1. The molecular weight excluding hydrogens is 467 g/mol. The molecule has 0 radical (unpaired) electrons. The summed E-state index contributed by atoms with van der Waals surface area (Å²) in [5.74, 6) is -0.673. The average molecular weight is 499 g/mol. The fourth-order valence-corrected chi connectivity index (χ4v) is 5.53. The standard InChI is InChI=1S/C31H31FN2O3/c1-2-37-31(36)20-34-28-15-13-23(32)17-26(28)27-18-24(14-16-29(27)34)33-30(35)19-25(21-9-5-3-6-10-21)22-11-7-4-8-12-22/h3-13,15,17,24-25H,2,14,16,18-20H2,1H3,(H,33,35)/t24-/m0/s1. The van der Waals surface area contributed by atoms with Crippen LogP contribution in [0.1, 0.15) is 48.1 Å². The van der Waals surface area contributed by atoms with E-state index in [1.54, 1.807) is 13.0 Å². The first-order chi connectivity index (χ1) is 18.0. The van der Waals surface area contributed by atoms with Crippen molar-refractivity contribution < 1.29 is 18.7 Å². The van der Waals surface area contributed by atoms with Crippen LogP contribution in [0.3, 0.4) is 0 Å². The summed E-state index contributed by atoms with van der Waals surface area (Å²) in [5, 5.41) is 4.04. The predicted molar refractivity (Wildman–Crippen MR) is 142 cm³/mol. The molecule has 0 unspecified atom stereocenters. The lowest BCUT2D eigenvalue weighted by atomic mass is 9.87. The minimum absolute atomic E-state index is 0.00685. The summed E-state index contributed by atoms with van der Waals surface area (Å²) >= 11 is 0. The van der Waals surface area contributed by atoms with Gasteiger partial charge in [0, 0.05) is 35.0 Å². The SMILES string of the molecule is CCOC(=O)Cn1c2c(c3cc(F)ccc31)C[C@@H](NC(=O)CC(c1ccccc1)c1ccccc1)CC2. The van der Waals surface area contributed by atoms with Crippen molar-refractivity contribution in [2.45, 2.75) is 51.1 Å². The zero-order valence-corrected chi connectivity index (χ0v) is 21.0. The summed E-state index contributed by atoms with van der Waals surface area (Å²) in [6.45, 7) is 2.19. The highest BCUT2D eigenvalue weighted by atomic mass is 19.1. The van der Waals surface area contributed by atoms with E-state index in [1.807, 2.05) is 41.0 Å². The molecule has 5 nitrogen and oxygen atoms in total. The molecule has 4 aromatic rings.